The third-order valence-electron chi connectivity index (χ3n) is 3.43. The zero-order valence-corrected chi connectivity index (χ0v) is 12.5. The molecule has 0 saturated carbocycles. The molecule has 0 aliphatic heterocycles. The Balaban J connectivity index is 2.16. The first-order valence-electron chi connectivity index (χ1n) is 6.83. The zero-order chi connectivity index (χ0) is 14.8. The molecule has 1 unspecified atom stereocenters. The number of benzene rings is 1. The lowest BCUT2D eigenvalue weighted by atomic mass is 9.91. The van der Waals surface area contributed by atoms with Crippen molar-refractivity contribution in [3.05, 3.63) is 47.8 Å². The lowest BCUT2D eigenvalue weighted by molar-refractivity contribution is 0.0563. The molecule has 0 bridgehead atoms. The van der Waals surface area contributed by atoms with Crippen LogP contribution < -0.4 is 4.74 Å². The van der Waals surface area contributed by atoms with Gasteiger partial charge in [0.2, 0.25) is 0 Å². The second-order valence-electron chi connectivity index (χ2n) is 5.56. The Morgan fingerprint density at radius 1 is 1.25 bits per heavy atom. The quantitative estimate of drug-likeness (QED) is 0.912. The summed E-state index contributed by atoms with van der Waals surface area (Å²) in [4.78, 5) is 0. The third-order valence-corrected chi connectivity index (χ3v) is 3.43. The highest BCUT2D eigenvalue weighted by molar-refractivity contribution is 5.31. The van der Waals surface area contributed by atoms with E-state index >= 15 is 0 Å². The summed E-state index contributed by atoms with van der Waals surface area (Å²) >= 11 is 0. The summed E-state index contributed by atoms with van der Waals surface area (Å²) in [5, 5.41) is 15.1. The molecule has 4 heteroatoms. The Hall–Kier alpha value is -1.81. The molecular weight excluding hydrogens is 252 g/mol. The molecule has 1 N–H and O–H groups in total. The molecule has 4 nitrogen and oxygen atoms in total. The summed E-state index contributed by atoms with van der Waals surface area (Å²) < 4.78 is 7.03. The number of nitrogens with zero attached hydrogens (tertiary/aromatic N) is 2. The average Bonchev–Trinajstić information content (AvgIpc) is 2.87. The fraction of sp³-hybridized carbons (Fsp3) is 0.438. The van der Waals surface area contributed by atoms with Gasteiger partial charge in [0, 0.05) is 18.7 Å². The molecule has 1 aromatic carbocycles. The van der Waals surface area contributed by atoms with Gasteiger partial charge in [0.15, 0.2) is 0 Å². The standard InChI is InChI=1S/C16H22N2O2/c1-12(2)18-10-9-14(17-18)11-16(3,19)13-5-7-15(20-4)8-6-13/h5-10,12,19H,11H2,1-4H3. The maximum atomic E-state index is 10.7. The molecule has 0 radical (unpaired) electrons. The van der Waals surface area contributed by atoms with Gasteiger partial charge in [0.1, 0.15) is 5.75 Å². The maximum absolute atomic E-state index is 10.7. The van der Waals surface area contributed by atoms with Gasteiger partial charge in [-0.25, -0.2) is 0 Å². The number of rotatable bonds is 5. The molecule has 108 valence electrons. The highest BCUT2D eigenvalue weighted by Gasteiger charge is 2.24. The van der Waals surface area contributed by atoms with Crippen molar-refractivity contribution in [1.29, 1.82) is 0 Å². The number of hydrogen-bond acceptors (Lipinski definition) is 3. The van der Waals surface area contributed by atoms with Gasteiger partial charge < -0.3 is 9.84 Å². The van der Waals surface area contributed by atoms with Crippen LogP contribution in [0.3, 0.4) is 0 Å². The van der Waals surface area contributed by atoms with Crippen molar-refractivity contribution in [2.75, 3.05) is 7.11 Å². The van der Waals surface area contributed by atoms with E-state index in [0.29, 0.717) is 12.5 Å². The Kier molecular flexibility index (Phi) is 4.14. The summed E-state index contributed by atoms with van der Waals surface area (Å²) in [6, 6.07) is 9.77. The maximum Gasteiger partial charge on any atom is 0.118 e. The Labute approximate surface area is 120 Å². The van der Waals surface area contributed by atoms with E-state index in [1.54, 1.807) is 7.11 Å². The molecule has 1 heterocycles. The largest absolute Gasteiger partial charge is 0.497 e. The lowest BCUT2D eigenvalue weighted by Gasteiger charge is -2.23. The van der Waals surface area contributed by atoms with Crippen molar-refractivity contribution in [2.45, 2.75) is 38.8 Å². The molecule has 0 aliphatic rings. The molecule has 0 saturated heterocycles. The second kappa shape index (κ2) is 5.67. The predicted molar refractivity (Wildman–Crippen MR) is 78.9 cm³/mol. The van der Waals surface area contributed by atoms with Gasteiger partial charge in [-0.1, -0.05) is 12.1 Å². The van der Waals surface area contributed by atoms with Crippen molar-refractivity contribution < 1.29 is 9.84 Å². The van der Waals surface area contributed by atoms with Crippen molar-refractivity contribution in [2.24, 2.45) is 0 Å². The number of aromatic nitrogens is 2. The highest BCUT2D eigenvalue weighted by Crippen LogP contribution is 2.26. The van der Waals surface area contributed by atoms with E-state index in [9.17, 15) is 5.11 Å². The summed E-state index contributed by atoms with van der Waals surface area (Å²) in [5.74, 6) is 0.786. The van der Waals surface area contributed by atoms with Crippen LogP contribution in [0.15, 0.2) is 36.5 Å². The van der Waals surface area contributed by atoms with Crippen molar-refractivity contribution in [3.63, 3.8) is 0 Å². The summed E-state index contributed by atoms with van der Waals surface area (Å²) in [5.41, 5.74) is 0.805. The molecule has 0 amide bonds. The van der Waals surface area contributed by atoms with Gasteiger partial charge in [0.05, 0.1) is 18.4 Å². The normalized spacial score (nSPS) is 14.3. The highest BCUT2D eigenvalue weighted by atomic mass is 16.5. The second-order valence-corrected chi connectivity index (χ2v) is 5.56. The van der Waals surface area contributed by atoms with Crippen molar-refractivity contribution in [1.82, 2.24) is 9.78 Å². The fourth-order valence-electron chi connectivity index (χ4n) is 2.16. The third kappa shape index (κ3) is 3.20. The average molecular weight is 274 g/mol. The van der Waals surface area contributed by atoms with Crippen LogP contribution in [0.25, 0.3) is 0 Å². The van der Waals surface area contributed by atoms with E-state index in [4.69, 9.17) is 4.74 Å². The van der Waals surface area contributed by atoms with Crippen LogP contribution in [0, 0.1) is 0 Å². The molecular formula is C16H22N2O2. The first-order valence-corrected chi connectivity index (χ1v) is 6.83. The fourth-order valence-corrected chi connectivity index (χ4v) is 2.16. The Morgan fingerprint density at radius 3 is 2.40 bits per heavy atom. The SMILES string of the molecule is COc1ccc(C(C)(O)Cc2ccn(C(C)C)n2)cc1. The van der Waals surface area contributed by atoms with Crippen LogP contribution in [0.4, 0.5) is 0 Å². The van der Waals surface area contributed by atoms with E-state index in [1.807, 2.05) is 48.1 Å². The Morgan fingerprint density at radius 2 is 1.90 bits per heavy atom. The molecule has 1 aromatic heterocycles. The van der Waals surface area contributed by atoms with E-state index < -0.39 is 5.60 Å². The first kappa shape index (κ1) is 14.6. The van der Waals surface area contributed by atoms with E-state index in [2.05, 4.69) is 18.9 Å². The molecule has 20 heavy (non-hydrogen) atoms. The summed E-state index contributed by atoms with van der Waals surface area (Å²) in [6.45, 7) is 5.97. The first-order chi connectivity index (χ1) is 9.42. The van der Waals surface area contributed by atoms with Crippen LogP contribution in [0.1, 0.15) is 38.1 Å². The van der Waals surface area contributed by atoms with Crippen LogP contribution in [0.2, 0.25) is 0 Å². The zero-order valence-electron chi connectivity index (χ0n) is 12.5. The number of ether oxygens (including phenoxy) is 1. The van der Waals surface area contributed by atoms with Crippen LogP contribution in [-0.2, 0) is 12.0 Å². The van der Waals surface area contributed by atoms with Gasteiger partial charge in [0.25, 0.3) is 0 Å². The molecule has 0 aliphatic carbocycles. The number of methoxy groups -OCH3 is 1. The van der Waals surface area contributed by atoms with E-state index in [1.165, 1.54) is 0 Å². The predicted octanol–water partition coefficient (Wildman–Crippen LogP) is 2.92. The topological polar surface area (TPSA) is 47.3 Å². The molecule has 1 atom stereocenters. The van der Waals surface area contributed by atoms with E-state index in [0.717, 1.165) is 17.0 Å². The van der Waals surface area contributed by atoms with Gasteiger partial charge in [-0.15, -0.1) is 0 Å². The number of hydrogen-bond donors (Lipinski definition) is 1. The minimum atomic E-state index is -0.942. The van der Waals surface area contributed by atoms with Crippen LogP contribution >= 0.6 is 0 Å². The van der Waals surface area contributed by atoms with Crippen molar-refractivity contribution >= 4 is 0 Å². The Bertz CT molecular complexity index is 556. The molecule has 0 spiro atoms. The van der Waals surface area contributed by atoms with Crippen LogP contribution in [0.5, 0.6) is 5.75 Å². The minimum absolute atomic E-state index is 0.328. The van der Waals surface area contributed by atoms with E-state index in [-0.39, 0.29) is 0 Å². The van der Waals surface area contributed by atoms with Gasteiger partial charge in [-0.05, 0) is 44.5 Å². The van der Waals surface area contributed by atoms with Gasteiger partial charge in [-0.3, -0.25) is 4.68 Å². The van der Waals surface area contributed by atoms with Crippen molar-refractivity contribution in [3.8, 4) is 5.75 Å². The summed E-state index contributed by atoms with van der Waals surface area (Å²) in [6.07, 6.45) is 2.43. The molecule has 2 rings (SSSR count). The molecule has 0 fully saturated rings. The minimum Gasteiger partial charge on any atom is -0.497 e. The smallest absolute Gasteiger partial charge is 0.118 e. The lowest BCUT2D eigenvalue weighted by Crippen LogP contribution is -2.24. The van der Waals surface area contributed by atoms with Gasteiger partial charge >= 0.3 is 0 Å². The van der Waals surface area contributed by atoms with Crippen LogP contribution in [-0.4, -0.2) is 22.0 Å². The summed E-state index contributed by atoms with van der Waals surface area (Å²) in [7, 11) is 1.63. The van der Waals surface area contributed by atoms with Gasteiger partial charge in [-0.2, -0.15) is 5.10 Å². The number of aliphatic hydroxyl groups is 1. The monoisotopic (exact) mass is 274 g/mol. The molecule has 2 aromatic rings.